The smallest absolute Gasteiger partial charge is 0.257 e. The van der Waals surface area contributed by atoms with Crippen molar-refractivity contribution in [2.75, 3.05) is 27.9 Å². The van der Waals surface area contributed by atoms with Crippen LogP contribution < -0.4 is 21.7 Å². The highest BCUT2D eigenvalue weighted by Crippen LogP contribution is 2.28. The lowest BCUT2D eigenvalue weighted by atomic mass is 10.2. The summed E-state index contributed by atoms with van der Waals surface area (Å²) < 4.78 is 23.2. The molecule has 5 aromatic rings. The van der Waals surface area contributed by atoms with Crippen LogP contribution in [0.5, 0.6) is 0 Å². The van der Waals surface area contributed by atoms with Crippen LogP contribution in [0, 0.1) is 0 Å². The van der Waals surface area contributed by atoms with Gasteiger partial charge in [-0.2, -0.15) is 0 Å². The number of anilines is 4. The number of rotatable bonds is 7. The first-order valence-corrected chi connectivity index (χ1v) is 16.4. The van der Waals surface area contributed by atoms with Crippen LogP contribution in [0.15, 0.2) is 109 Å². The van der Waals surface area contributed by atoms with Crippen molar-refractivity contribution in [1.29, 1.82) is 0 Å². The number of hydrogen-bond donors (Lipinski definition) is 4. The second-order valence-electron chi connectivity index (χ2n) is 9.69. The van der Waals surface area contributed by atoms with Gasteiger partial charge in [-0.1, -0.05) is 34.8 Å². The third-order valence-corrected chi connectivity index (χ3v) is 8.25. The van der Waals surface area contributed by atoms with Crippen molar-refractivity contribution >= 4 is 85.1 Å². The molecule has 5 N–H and O–H groups in total. The van der Waals surface area contributed by atoms with E-state index in [4.69, 9.17) is 40.5 Å². The number of nitrogens with two attached hydrogens (primary N) is 1. The molecule has 0 radical (unpaired) electrons. The van der Waals surface area contributed by atoms with E-state index in [1.54, 1.807) is 60.9 Å². The molecule has 0 aliphatic carbocycles. The number of nitrogens with zero attached hydrogens (tertiary/aromatic N) is 2. The molecule has 0 unspecified atom stereocenters. The Hall–Kier alpha value is -5.01. The number of nitrogens with one attached hydrogen (secondary N) is 3. The van der Waals surface area contributed by atoms with Gasteiger partial charge < -0.3 is 21.7 Å². The van der Waals surface area contributed by atoms with Crippen molar-refractivity contribution < 1.29 is 22.8 Å². The van der Waals surface area contributed by atoms with Gasteiger partial charge in [0, 0.05) is 42.4 Å². The molecule has 2 heterocycles. The number of carbonyl (C=O) groups excluding carboxylic acids is 3. The topological polar surface area (TPSA) is 173 Å². The lowest BCUT2D eigenvalue weighted by molar-refractivity contribution is 0.101. The monoisotopic (exact) mass is 710 g/mol. The number of sulfone groups is 1. The van der Waals surface area contributed by atoms with Gasteiger partial charge in [-0.25, -0.2) is 8.42 Å². The second kappa shape index (κ2) is 15.5. The standard InChI is InChI=1S/C20H15Cl2N3O4S.C12H10ClN3O/c1-30(28,29)14-5-6-15(17(22)10-14)20(27)24-13-4-7-16(21)18(9-13)25-19(26)12-3-2-8-23-11-12;13-10-4-3-9(14)6-11(10)16-12(17)8-2-1-5-15-7-8/h2-11H,1H3,(H,24,27)(H,25,26);1-7H,14H2,(H,16,17). The SMILES string of the molecule is CS(=O)(=O)c1ccc(C(=O)Nc2ccc(Cl)c(NC(=O)c3cccnc3)c2)c(Cl)c1.Nc1ccc(Cl)c(NC(=O)c2cccnc2)c1. The van der Waals surface area contributed by atoms with Gasteiger partial charge in [0.15, 0.2) is 9.84 Å². The van der Waals surface area contributed by atoms with Gasteiger partial charge in [0.2, 0.25) is 0 Å². The van der Waals surface area contributed by atoms with Crippen molar-refractivity contribution in [3.63, 3.8) is 0 Å². The molecular formula is C32H25Cl3N6O5S. The van der Waals surface area contributed by atoms with Gasteiger partial charge in [0.05, 0.1) is 48.0 Å². The van der Waals surface area contributed by atoms with Crippen LogP contribution in [-0.2, 0) is 9.84 Å². The summed E-state index contributed by atoms with van der Waals surface area (Å²) in [5.41, 5.74) is 8.20. The molecule has 2 aromatic heterocycles. The molecule has 0 spiro atoms. The first kappa shape index (κ1) is 34.9. The Bertz CT molecular complexity index is 2050. The normalized spacial score (nSPS) is 10.6. The average Bonchev–Trinajstić information content (AvgIpc) is 3.05. The van der Waals surface area contributed by atoms with Crippen LogP contribution in [0.4, 0.5) is 22.7 Å². The van der Waals surface area contributed by atoms with E-state index in [0.29, 0.717) is 38.9 Å². The Labute approximate surface area is 285 Å². The highest BCUT2D eigenvalue weighted by atomic mass is 35.5. The van der Waals surface area contributed by atoms with Crippen molar-refractivity contribution in [1.82, 2.24) is 9.97 Å². The first-order valence-electron chi connectivity index (χ1n) is 13.4. The van der Waals surface area contributed by atoms with Gasteiger partial charge in [-0.15, -0.1) is 0 Å². The molecule has 3 aromatic carbocycles. The first-order chi connectivity index (χ1) is 22.3. The van der Waals surface area contributed by atoms with Crippen molar-refractivity contribution in [2.45, 2.75) is 4.90 Å². The third kappa shape index (κ3) is 9.74. The summed E-state index contributed by atoms with van der Waals surface area (Å²) in [6, 6.07) is 19.9. The number of hydrogen-bond acceptors (Lipinski definition) is 8. The molecule has 0 bridgehead atoms. The van der Waals surface area contributed by atoms with Crippen molar-refractivity contribution in [3.8, 4) is 0 Å². The van der Waals surface area contributed by atoms with Crippen LogP contribution >= 0.6 is 34.8 Å². The van der Waals surface area contributed by atoms with Crippen LogP contribution in [0.3, 0.4) is 0 Å². The number of nitrogen functional groups attached to an aromatic ring is 1. The summed E-state index contributed by atoms with van der Waals surface area (Å²) in [6.45, 7) is 0. The number of benzene rings is 3. The van der Waals surface area contributed by atoms with Gasteiger partial charge in [-0.3, -0.25) is 24.4 Å². The Kier molecular flexibility index (Phi) is 11.5. The lowest BCUT2D eigenvalue weighted by Gasteiger charge is -2.11. The minimum atomic E-state index is -3.45. The van der Waals surface area contributed by atoms with E-state index in [-0.39, 0.29) is 26.4 Å². The molecule has 0 fully saturated rings. The van der Waals surface area contributed by atoms with E-state index >= 15 is 0 Å². The summed E-state index contributed by atoms with van der Waals surface area (Å²) in [5.74, 6) is -1.23. The Balaban J connectivity index is 0.000000248. The molecule has 15 heteroatoms. The number of carbonyl (C=O) groups is 3. The van der Waals surface area contributed by atoms with E-state index in [9.17, 15) is 22.8 Å². The summed E-state index contributed by atoms with van der Waals surface area (Å²) >= 11 is 18.2. The fourth-order valence-corrected chi connectivity index (χ4v) is 5.14. The summed E-state index contributed by atoms with van der Waals surface area (Å²) in [6.07, 6.45) is 7.10. The molecule has 0 aliphatic heterocycles. The summed E-state index contributed by atoms with van der Waals surface area (Å²) in [4.78, 5) is 44.5. The third-order valence-electron chi connectivity index (χ3n) is 6.17. The molecule has 3 amide bonds. The van der Waals surface area contributed by atoms with E-state index in [1.807, 2.05) is 0 Å². The molecular weight excluding hydrogens is 687 g/mol. The molecule has 5 rings (SSSR count). The number of pyridine rings is 2. The minimum Gasteiger partial charge on any atom is -0.399 e. The fourth-order valence-electron chi connectivity index (χ4n) is 3.83. The van der Waals surface area contributed by atoms with Gasteiger partial charge in [-0.05, 0) is 78.9 Å². The predicted octanol–water partition coefficient (Wildman–Crippen LogP) is 6.87. The van der Waals surface area contributed by atoms with Crippen LogP contribution in [0.25, 0.3) is 0 Å². The zero-order valence-electron chi connectivity index (χ0n) is 24.4. The minimum absolute atomic E-state index is 0.00510. The molecule has 0 saturated heterocycles. The highest BCUT2D eigenvalue weighted by molar-refractivity contribution is 7.90. The molecule has 47 heavy (non-hydrogen) atoms. The Morgan fingerprint density at radius 1 is 0.660 bits per heavy atom. The van der Waals surface area contributed by atoms with Gasteiger partial charge >= 0.3 is 0 Å². The predicted molar refractivity (Wildman–Crippen MR) is 184 cm³/mol. The maximum Gasteiger partial charge on any atom is 0.257 e. The largest absolute Gasteiger partial charge is 0.399 e. The van der Waals surface area contributed by atoms with E-state index in [1.165, 1.54) is 42.7 Å². The fraction of sp³-hybridized carbons (Fsp3) is 0.0312. The van der Waals surface area contributed by atoms with Gasteiger partial charge in [0.1, 0.15) is 0 Å². The van der Waals surface area contributed by atoms with Crippen molar-refractivity contribution in [2.24, 2.45) is 0 Å². The quantitative estimate of drug-likeness (QED) is 0.132. The maximum atomic E-state index is 12.6. The lowest BCUT2D eigenvalue weighted by Crippen LogP contribution is -2.15. The van der Waals surface area contributed by atoms with Crippen LogP contribution in [-0.4, -0.2) is 42.4 Å². The zero-order chi connectivity index (χ0) is 34.1. The Morgan fingerprint density at radius 2 is 1.21 bits per heavy atom. The molecule has 0 atom stereocenters. The van der Waals surface area contributed by atoms with Crippen molar-refractivity contribution in [3.05, 3.63) is 135 Å². The summed E-state index contributed by atoms with van der Waals surface area (Å²) in [5, 5.41) is 8.69. The van der Waals surface area contributed by atoms with E-state index < -0.39 is 21.7 Å². The second-order valence-corrected chi connectivity index (χ2v) is 12.9. The maximum absolute atomic E-state index is 12.6. The van der Waals surface area contributed by atoms with Gasteiger partial charge in [0.25, 0.3) is 17.7 Å². The van der Waals surface area contributed by atoms with Crippen LogP contribution in [0.2, 0.25) is 15.1 Å². The zero-order valence-corrected chi connectivity index (χ0v) is 27.5. The molecule has 240 valence electrons. The number of amides is 3. The highest BCUT2D eigenvalue weighted by Gasteiger charge is 2.16. The number of aromatic nitrogens is 2. The Morgan fingerprint density at radius 3 is 1.72 bits per heavy atom. The van der Waals surface area contributed by atoms with E-state index in [2.05, 4.69) is 25.9 Å². The number of halogens is 3. The van der Waals surface area contributed by atoms with E-state index in [0.717, 1.165) is 6.26 Å². The average molecular weight is 712 g/mol. The summed E-state index contributed by atoms with van der Waals surface area (Å²) in [7, 11) is -3.45. The van der Waals surface area contributed by atoms with Crippen LogP contribution in [0.1, 0.15) is 31.1 Å². The molecule has 0 aliphatic rings. The molecule has 0 saturated carbocycles. The molecule has 11 nitrogen and oxygen atoms in total.